The van der Waals surface area contributed by atoms with Crippen molar-refractivity contribution >= 4 is 21.7 Å². The normalized spacial score (nSPS) is 11.3. The minimum absolute atomic E-state index is 0.230. The Labute approximate surface area is 134 Å². The minimum Gasteiger partial charge on any atom is -0.369 e. The maximum absolute atomic E-state index is 12.3. The zero-order valence-electron chi connectivity index (χ0n) is 12.4. The summed E-state index contributed by atoms with van der Waals surface area (Å²) in [6.07, 6.45) is 1.63. The maximum Gasteiger partial charge on any atom is 0.261 e. The van der Waals surface area contributed by atoms with Crippen LogP contribution in [0.25, 0.3) is 11.3 Å². The fourth-order valence-electron chi connectivity index (χ4n) is 2.13. The zero-order chi connectivity index (χ0) is 16.4. The Morgan fingerprint density at radius 2 is 1.70 bits per heavy atom. The van der Waals surface area contributed by atoms with Crippen LogP contribution in [0.2, 0.25) is 0 Å². The first-order chi connectivity index (χ1) is 10.9. The molecule has 0 radical (unpaired) electrons. The Balaban J connectivity index is 1.81. The number of imidazole rings is 1. The monoisotopic (exact) mass is 328 g/mol. The Bertz CT molecular complexity index is 913. The van der Waals surface area contributed by atoms with Crippen LogP contribution >= 0.6 is 0 Å². The molecule has 0 saturated carbocycles. The van der Waals surface area contributed by atoms with Gasteiger partial charge < -0.3 is 10.7 Å². The van der Waals surface area contributed by atoms with Crippen LogP contribution in [-0.4, -0.2) is 18.4 Å². The highest BCUT2D eigenvalue weighted by atomic mass is 32.2. The first kappa shape index (κ1) is 15.1. The zero-order valence-corrected chi connectivity index (χ0v) is 13.3. The smallest absolute Gasteiger partial charge is 0.261 e. The van der Waals surface area contributed by atoms with Crippen LogP contribution < -0.4 is 10.5 Å². The molecule has 0 aliphatic rings. The van der Waals surface area contributed by atoms with Crippen LogP contribution in [0, 0.1) is 6.92 Å². The summed E-state index contributed by atoms with van der Waals surface area (Å²) in [7, 11) is -3.59. The van der Waals surface area contributed by atoms with Crippen LogP contribution in [-0.2, 0) is 10.0 Å². The van der Waals surface area contributed by atoms with Gasteiger partial charge in [-0.2, -0.15) is 0 Å². The van der Waals surface area contributed by atoms with Crippen LogP contribution in [0.3, 0.4) is 0 Å². The van der Waals surface area contributed by atoms with E-state index < -0.39 is 10.0 Å². The summed E-state index contributed by atoms with van der Waals surface area (Å²) < 4.78 is 27.2. The standard InChI is InChI=1S/C16H16N4O2S/c1-11-2-8-14(9-3-11)23(21,22)20-13-6-4-12(5-7-13)15-10-18-16(17)19-15/h2-10,20H,1H3,(H3,17,18,19). The van der Waals surface area contributed by atoms with E-state index in [-0.39, 0.29) is 4.90 Å². The van der Waals surface area contributed by atoms with Crippen molar-refractivity contribution in [2.75, 3.05) is 10.5 Å². The lowest BCUT2D eigenvalue weighted by molar-refractivity contribution is 0.601. The molecule has 7 heteroatoms. The van der Waals surface area contributed by atoms with Crippen molar-refractivity contribution in [2.24, 2.45) is 0 Å². The van der Waals surface area contributed by atoms with Gasteiger partial charge in [-0.1, -0.05) is 29.8 Å². The minimum atomic E-state index is -3.59. The molecule has 0 bridgehead atoms. The summed E-state index contributed by atoms with van der Waals surface area (Å²) in [5.74, 6) is 0.337. The number of sulfonamides is 1. The van der Waals surface area contributed by atoms with Crippen LogP contribution in [0.5, 0.6) is 0 Å². The van der Waals surface area contributed by atoms with E-state index in [0.29, 0.717) is 11.6 Å². The number of nitrogens with one attached hydrogen (secondary N) is 2. The van der Waals surface area contributed by atoms with E-state index in [1.807, 2.05) is 6.92 Å². The van der Waals surface area contributed by atoms with Crippen LogP contribution in [0.4, 0.5) is 11.6 Å². The van der Waals surface area contributed by atoms with Gasteiger partial charge in [0.25, 0.3) is 10.0 Å². The van der Waals surface area contributed by atoms with Crippen molar-refractivity contribution in [2.45, 2.75) is 11.8 Å². The molecule has 0 aliphatic carbocycles. The molecule has 2 aromatic carbocycles. The van der Waals surface area contributed by atoms with Gasteiger partial charge in [0.1, 0.15) is 0 Å². The summed E-state index contributed by atoms with van der Waals surface area (Å²) in [6, 6.07) is 13.7. The van der Waals surface area contributed by atoms with Gasteiger partial charge in [0.05, 0.1) is 16.8 Å². The number of rotatable bonds is 4. The average molecular weight is 328 g/mol. The van der Waals surface area contributed by atoms with Crippen molar-refractivity contribution in [3.8, 4) is 11.3 Å². The van der Waals surface area contributed by atoms with Crippen molar-refractivity contribution in [3.05, 3.63) is 60.3 Å². The molecule has 0 aliphatic heterocycles. The fourth-order valence-corrected chi connectivity index (χ4v) is 3.19. The van der Waals surface area contributed by atoms with Gasteiger partial charge in [0, 0.05) is 5.69 Å². The van der Waals surface area contributed by atoms with E-state index in [2.05, 4.69) is 14.7 Å². The van der Waals surface area contributed by atoms with Gasteiger partial charge in [-0.15, -0.1) is 0 Å². The van der Waals surface area contributed by atoms with Crippen molar-refractivity contribution in [1.29, 1.82) is 0 Å². The quantitative estimate of drug-likeness (QED) is 0.685. The number of benzene rings is 2. The topological polar surface area (TPSA) is 101 Å². The molecule has 0 unspecified atom stereocenters. The summed E-state index contributed by atoms with van der Waals surface area (Å²) >= 11 is 0. The molecule has 1 aromatic heterocycles. The summed E-state index contributed by atoms with van der Waals surface area (Å²) in [6.45, 7) is 1.91. The molecule has 0 spiro atoms. The van der Waals surface area contributed by atoms with E-state index in [1.54, 1.807) is 54.7 Å². The largest absolute Gasteiger partial charge is 0.369 e. The van der Waals surface area contributed by atoms with Gasteiger partial charge in [-0.25, -0.2) is 13.4 Å². The first-order valence-corrected chi connectivity index (χ1v) is 8.43. The molecular formula is C16H16N4O2S. The van der Waals surface area contributed by atoms with E-state index in [4.69, 9.17) is 5.73 Å². The SMILES string of the molecule is Cc1ccc(S(=O)(=O)Nc2ccc(-c3cnc(N)[nH]3)cc2)cc1. The van der Waals surface area contributed by atoms with Crippen molar-refractivity contribution < 1.29 is 8.42 Å². The molecule has 118 valence electrons. The number of nitrogens with zero attached hydrogens (tertiary/aromatic N) is 1. The number of nitrogen functional groups attached to an aromatic ring is 1. The lowest BCUT2D eigenvalue weighted by atomic mass is 10.1. The third-order valence-corrected chi connectivity index (χ3v) is 4.77. The van der Waals surface area contributed by atoms with Crippen LogP contribution in [0.15, 0.2) is 59.6 Å². The Morgan fingerprint density at radius 1 is 1.04 bits per heavy atom. The molecular weight excluding hydrogens is 312 g/mol. The molecule has 0 atom stereocenters. The lowest BCUT2D eigenvalue weighted by Crippen LogP contribution is -2.12. The first-order valence-electron chi connectivity index (χ1n) is 6.94. The third kappa shape index (κ3) is 3.35. The number of hydrogen-bond donors (Lipinski definition) is 3. The molecule has 4 N–H and O–H groups in total. The Morgan fingerprint density at radius 3 is 2.26 bits per heavy atom. The molecule has 0 saturated heterocycles. The van der Waals surface area contributed by atoms with E-state index in [1.165, 1.54) is 0 Å². The van der Waals surface area contributed by atoms with E-state index in [9.17, 15) is 8.42 Å². The molecule has 0 amide bonds. The number of H-pyrrole nitrogens is 1. The number of aromatic nitrogens is 2. The van der Waals surface area contributed by atoms with E-state index >= 15 is 0 Å². The van der Waals surface area contributed by atoms with Crippen molar-refractivity contribution in [1.82, 2.24) is 9.97 Å². The number of nitrogens with two attached hydrogens (primary N) is 1. The highest BCUT2D eigenvalue weighted by Crippen LogP contribution is 2.22. The highest BCUT2D eigenvalue weighted by molar-refractivity contribution is 7.92. The van der Waals surface area contributed by atoms with Gasteiger partial charge in [0.2, 0.25) is 0 Å². The molecule has 3 aromatic rings. The second-order valence-corrected chi connectivity index (χ2v) is 6.86. The molecule has 0 fully saturated rings. The van der Waals surface area contributed by atoms with Gasteiger partial charge in [0.15, 0.2) is 5.95 Å². The van der Waals surface area contributed by atoms with Gasteiger partial charge >= 0.3 is 0 Å². The predicted octanol–water partition coefficient (Wildman–Crippen LogP) is 2.77. The number of hydrogen-bond acceptors (Lipinski definition) is 4. The molecule has 23 heavy (non-hydrogen) atoms. The number of aromatic amines is 1. The highest BCUT2D eigenvalue weighted by Gasteiger charge is 2.13. The Kier molecular flexibility index (Phi) is 3.79. The van der Waals surface area contributed by atoms with E-state index in [0.717, 1.165) is 16.8 Å². The lowest BCUT2D eigenvalue weighted by Gasteiger charge is -2.09. The third-order valence-electron chi connectivity index (χ3n) is 3.37. The average Bonchev–Trinajstić information content (AvgIpc) is 2.95. The molecule has 6 nitrogen and oxygen atoms in total. The maximum atomic E-state index is 12.3. The van der Waals surface area contributed by atoms with Gasteiger partial charge in [-0.05, 0) is 36.8 Å². The second kappa shape index (κ2) is 5.77. The summed E-state index contributed by atoms with van der Waals surface area (Å²) in [5, 5.41) is 0. The molecule has 3 rings (SSSR count). The van der Waals surface area contributed by atoms with Crippen LogP contribution in [0.1, 0.15) is 5.56 Å². The summed E-state index contributed by atoms with van der Waals surface area (Å²) in [5.41, 5.74) is 8.68. The predicted molar refractivity (Wildman–Crippen MR) is 90.4 cm³/mol. The van der Waals surface area contributed by atoms with Gasteiger partial charge in [-0.3, -0.25) is 4.72 Å². The van der Waals surface area contributed by atoms with Crippen molar-refractivity contribution in [3.63, 3.8) is 0 Å². The number of anilines is 2. The number of aryl methyl sites for hydroxylation is 1. The summed E-state index contributed by atoms with van der Waals surface area (Å²) in [4.78, 5) is 7.08. The Hall–Kier alpha value is -2.80. The fraction of sp³-hybridized carbons (Fsp3) is 0.0625. The molecule has 1 heterocycles. The second-order valence-electron chi connectivity index (χ2n) is 5.18.